The molecule has 1 amide bonds. The van der Waals surface area contributed by atoms with Crippen molar-refractivity contribution in [2.24, 2.45) is 0 Å². The summed E-state index contributed by atoms with van der Waals surface area (Å²) in [5.74, 6) is 1.56. The van der Waals surface area contributed by atoms with E-state index in [0.717, 1.165) is 17.7 Å². The average Bonchev–Trinajstić information content (AvgIpc) is 3.30. The van der Waals surface area contributed by atoms with Gasteiger partial charge in [0.05, 0.1) is 10.7 Å². The zero-order valence-corrected chi connectivity index (χ0v) is 15.6. The van der Waals surface area contributed by atoms with Gasteiger partial charge >= 0.3 is 0 Å². The lowest BCUT2D eigenvalue weighted by Crippen LogP contribution is -2.23. The molecule has 0 atom stereocenters. The molecule has 7 heteroatoms. The van der Waals surface area contributed by atoms with E-state index in [2.05, 4.69) is 10.2 Å². The minimum atomic E-state index is 0.0758. The largest absolute Gasteiger partial charge is 0.484 e. The van der Waals surface area contributed by atoms with Gasteiger partial charge in [-0.25, -0.2) is 0 Å². The first kappa shape index (κ1) is 17.5. The monoisotopic (exact) mass is 383 g/mol. The van der Waals surface area contributed by atoms with Gasteiger partial charge in [0, 0.05) is 18.5 Å². The number of ether oxygens (including phenoxy) is 1. The van der Waals surface area contributed by atoms with Gasteiger partial charge in [0.15, 0.2) is 6.61 Å². The predicted octanol–water partition coefficient (Wildman–Crippen LogP) is 4.40. The molecule has 6 nitrogen and oxygen atoms in total. The summed E-state index contributed by atoms with van der Waals surface area (Å²) in [4.78, 5) is 13.7. The van der Waals surface area contributed by atoms with E-state index in [1.165, 1.54) is 0 Å². The van der Waals surface area contributed by atoms with E-state index in [9.17, 15) is 4.79 Å². The van der Waals surface area contributed by atoms with E-state index in [-0.39, 0.29) is 12.5 Å². The maximum absolute atomic E-state index is 12.0. The van der Waals surface area contributed by atoms with Crippen LogP contribution in [0.1, 0.15) is 24.3 Å². The van der Waals surface area contributed by atoms with Crippen LogP contribution in [0.3, 0.4) is 0 Å². The Morgan fingerprint density at radius 3 is 2.89 bits per heavy atom. The fourth-order valence-electron chi connectivity index (χ4n) is 3.03. The van der Waals surface area contributed by atoms with Crippen molar-refractivity contribution in [1.29, 1.82) is 0 Å². The number of anilines is 1. The predicted molar refractivity (Wildman–Crippen MR) is 102 cm³/mol. The molecule has 138 valence electrons. The maximum Gasteiger partial charge on any atom is 0.254 e. The second-order valence-electron chi connectivity index (χ2n) is 6.42. The number of amides is 1. The van der Waals surface area contributed by atoms with Crippen LogP contribution >= 0.6 is 11.6 Å². The molecule has 2 aromatic carbocycles. The number of nitrogens with zero attached hydrogens (tertiary/aromatic N) is 3. The number of rotatable bonds is 5. The van der Waals surface area contributed by atoms with Crippen LogP contribution in [0.15, 0.2) is 46.9 Å². The van der Waals surface area contributed by atoms with Crippen molar-refractivity contribution in [2.45, 2.75) is 26.4 Å². The lowest BCUT2D eigenvalue weighted by Gasteiger charge is -2.17. The SMILES string of the molecule is Cc1cccc(OCc2nnc(-c3ccc(Cl)c(N4CCCC4=O)c3)o2)c1. The molecule has 2 heterocycles. The molecule has 1 saturated heterocycles. The van der Waals surface area contributed by atoms with Crippen LogP contribution in [0.5, 0.6) is 5.75 Å². The second kappa shape index (κ2) is 7.40. The van der Waals surface area contributed by atoms with Gasteiger partial charge in [0.2, 0.25) is 11.8 Å². The Morgan fingerprint density at radius 1 is 1.22 bits per heavy atom. The Kier molecular flexibility index (Phi) is 4.81. The van der Waals surface area contributed by atoms with Crippen molar-refractivity contribution >= 4 is 23.2 Å². The fourth-order valence-corrected chi connectivity index (χ4v) is 3.25. The first-order valence-corrected chi connectivity index (χ1v) is 9.10. The number of aromatic nitrogens is 2. The third-order valence-corrected chi connectivity index (χ3v) is 4.70. The molecule has 0 spiro atoms. The van der Waals surface area contributed by atoms with E-state index in [0.29, 0.717) is 41.0 Å². The molecule has 0 aliphatic carbocycles. The van der Waals surface area contributed by atoms with Crippen molar-refractivity contribution in [1.82, 2.24) is 10.2 Å². The van der Waals surface area contributed by atoms with Crippen LogP contribution in [-0.4, -0.2) is 22.6 Å². The molecule has 1 aliphatic heterocycles. The van der Waals surface area contributed by atoms with Crippen LogP contribution < -0.4 is 9.64 Å². The molecular formula is C20H18ClN3O3. The Hall–Kier alpha value is -2.86. The van der Waals surface area contributed by atoms with Crippen LogP contribution in [0.2, 0.25) is 5.02 Å². The highest BCUT2D eigenvalue weighted by Gasteiger charge is 2.24. The summed E-state index contributed by atoms with van der Waals surface area (Å²) < 4.78 is 11.4. The molecule has 3 aromatic rings. The Bertz CT molecular complexity index is 986. The lowest BCUT2D eigenvalue weighted by molar-refractivity contribution is -0.117. The summed E-state index contributed by atoms with van der Waals surface area (Å²) in [6.07, 6.45) is 1.38. The molecule has 0 unspecified atom stereocenters. The van der Waals surface area contributed by atoms with Crippen LogP contribution in [0.4, 0.5) is 5.69 Å². The summed E-state index contributed by atoms with van der Waals surface area (Å²) in [5, 5.41) is 8.65. The highest BCUT2D eigenvalue weighted by atomic mass is 35.5. The zero-order valence-electron chi connectivity index (χ0n) is 14.8. The van der Waals surface area contributed by atoms with Gasteiger partial charge in [-0.1, -0.05) is 23.7 Å². The topological polar surface area (TPSA) is 68.5 Å². The molecule has 1 aromatic heterocycles. The van der Waals surface area contributed by atoms with Gasteiger partial charge < -0.3 is 14.1 Å². The summed E-state index contributed by atoms with van der Waals surface area (Å²) in [5.41, 5.74) is 2.50. The first-order valence-electron chi connectivity index (χ1n) is 8.72. The molecule has 0 N–H and O–H groups in total. The lowest BCUT2D eigenvalue weighted by atomic mass is 10.2. The molecule has 27 heavy (non-hydrogen) atoms. The van der Waals surface area contributed by atoms with Gasteiger partial charge in [0.1, 0.15) is 5.75 Å². The van der Waals surface area contributed by atoms with Crippen LogP contribution in [-0.2, 0) is 11.4 Å². The van der Waals surface area contributed by atoms with Gasteiger partial charge in [-0.15, -0.1) is 10.2 Å². The molecule has 0 radical (unpaired) electrons. The number of hydrogen-bond acceptors (Lipinski definition) is 5. The molecule has 0 bridgehead atoms. The molecule has 0 saturated carbocycles. The minimum absolute atomic E-state index is 0.0758. The third kappa shape index (κ3) is 3.80. The molecule has 1 fully saturated rings. The highest BCUT2D eigenvalue weighted by Crippen LogP contribution is 2.33. The number of carbonyl (C=O) groups excluding carboxylic acids is 1. The summed E-state index contributed by atoms with van der Waals surface area (Å²) >= 11 is 6.28. The van der Waals surface area contributed by atoms with Crippen LogP contribution in [0.25, 0.3) is 11.5 Å². The minimum Gasteiger partial charge on any atom is -0.484 e. The number of benzene rings is 2. The van der Waals surface area contributed by atoms with Crippen molar-refractivity contribution in [3.8, 4) is 17.2 Å². The second-order valence-corrected chi connectivity index (χ2v) is 6.83. The Labute approximate surface area is 161 Å². The van der Waals surface area contributed by atoms with E-state index in [1.54, 1.807) is 17.0 Å². The van der Waals surface area contributed by atoms with Crippen molar-refractivity contribution in [3.05, 3.63) is 58.9 Å². The van der Waals surface area contributed by atoms with E-state index in [1.807, 2.05) is 37.3 Å². The first-order chi connectivity index (χ1) is 13.1. The third-order valence-electron chi connectivity index (χ3n) is 4.38. The summed E-state index contributed by atoms with van der Waals surface area (Å²) in [6.45, 7) is 2.85. The number of halogens is 1. The quantitative estimate of drug-likeness (QED) is 0.653. The van der Waals surface area contributed by atoms with E-state index in [4.69, 9.17) is 20.8 Å². The van der Waals surface area contributed by atoms with Crippen molar-refractivity contribution in [2.75, 3.05) is 11.4 Å². The fraction of sp³-hybridized carbons (Fsp3) is 0.250. The van der Waals surface area contributed by atoms with E-state index >= 15 is 0 Å². The van der Waals surface area contributed by atoms with Crippen molar-refractivity contribution < 1.29 is 13.9 Å². The van der Waals surface area contributed by atoms with Gasteiger partial charge in [-0.2, -0.15) is 0 Å². The van der Waals surface area contributed by atoms with Crippen molar-refractivity contribution in [3.63, 3.8) is 0 Å². The Morgan fingerprint density at radius 2 is 2.11 bits per heavy atom. The maximum atomic E-state index is 12.0. The van der Waals surface area contributed by atoms with Gasteiger partial charge in [-0.3, -0.25) is 4.79 Å². The van der Waals surface area contributed by atoms with Crippen LogP contribution in [0, 0.1) is 6.92 Å². The number of aryl methyl sites for hydroxylation is 1. The Balaban J connectivity index is 1.52. The standard InChI is InChI=1S/C20H18ClN3O3/c1-13-4-2-5-15(10-13)26-12-18-22-23-20(27-18)14-7-8-16(21)17(11-14)24-9-3-6-19(24)25/h2,4-5,7-8,10-11H,3,6,9,12H2,1H3. The molecular weight excluding hydrogens is 366 g/mol. The van der Waals surface area contributed by atoms with E-state index < -0.39 is 0 Å². The normalized spacial score (nSPS) is 14.0. The molecule has 4 rings (SSSR count). The average molecular weight is 384 g/mol. The van der Waals surface area contributed by atoms with Gasteiger partial charge in [0.25, 0.3) is 5.89 Å². The highest BCUT2D eigenvalue weighted by molar-refractivity contribution is 6.34. The summed E-state index contributed by atoms with van der Waals surface area (Å²) in [7, 11) is 0. The number of hydrogen-bond donors (Lipinski definition) is 0. The zero-order chi connectivity index (χ0) is 18.8. The van der Waals surface area contributed by atoms with Gasteiger partial charge in [-0.05, 0) is 49.2 Å². The number of carbonyl (C=O) groups is 1. The summed E-state index contributed by atoms with van der Waals surface area (Å²) in [6, 6.07) is 13.1. The molecule has 1 aliphatic rings. The smallest absolute Gasteiger partial charge is 0.254 e.